The van der Waals surface area contributed by atoms with E-state index < -0.39 is 22.5 Å². The molecule has 0 aromatic heterocycles. The maximum absolute atomic E-state index is 13.0. The number of rotatable bonds is 5. The van der Waals surface area contributed by atoms with E-state index in [-0.39, 0.29) is 5.91 Å². The van der Waals surface area contributed by atoms with Crippen LogP contribution in [0.15, 0.2) is 52.6 Å². The fraction of sp³-hybridized carbons (Fsp3) is 0.250. The molecule has 2 aliphatic rings. The molecule has 0 saturated heterocycles. The standard InChI is InChI=1S/C20H19N5O4S/c1-2-3-10-30-20-22-19(27)17-13-6-4-5-7-14(13)21-18(24(17)23-20)12-8-9-16(26)15(11-12)25(28)29/h4-9,11,18,26H,2-3,10H2,1H3,(H,22,23,27). The highest BCUT2D eigenvalue weighted by molar-refractivity contribution is 8.13. The Morgan fingerprint density at radius 3 is 2.87 bits per heavy atom. The number of hydrogen-bond donors (Lipinski definition) is 2. The second kappa shape index (κ2) is 8.15. The Morgan fingerprint density at radius 2 is 2.10 bits per heavy atom. The summed E-state index contributed by atoms with van der Waals surface area (Å²) >= 11 is 1.44. The number of nitrogens with one attached hydrogen (secondary N) is 1. The van der Waals surface area contributed by atoms with Crippen LogP contribution >= 0.6 is 11.8 Å². The van der Waals surface area contributed by atoms with Crippen LogP contribution in [0, 0.1) is 10.1 Å². The molecule has 4 rings (SSSR count). The van der Waals surface area contributed by atoms with Gasteiger partial charge in [-0.2, -0.15) is 0 Å². The van der Waals surface area contributed by atoms with Crippen molar-refractivity contribution >= 4 is 34.2 Å². The lowest BCUT2D eigenvalue weighted by molar-refractivity contribution is -0.386. The van der Waals surface area contributed by atoms with E-state index in [4.69, 9.17) is 4.99 Å². The number of hydrogen-bond acceptors (Lipinski definition) is 8. The van der Waals surface area contributed by atoms with Gasteiger partial charge in [0.15, 0.2) is 17.1 Å². The summed E-state index contributed by atoms with van der Waals surface area (Å²) in [5.41, 5.74) is 0.357. The van der Waals surface area contributed by atoms with Gasteiger partial charge in [-0.1, -0.05) is 49.4 Å². The Bertz CT molecular complexity index is 1180. The zero-order chi connectivity index (χ0) is 21.3. The number of amides is 1. The van der Waals surface area contributed by atoms with Crippen LogP contribution < -0.4 is 15.9 Å². The minimum absolute atomic E-state index is 0.301. The number of fused-ring (bicyclic) bond motifs is 2. The summed E-state index contributed by atoms with van der Waals surface area (Å²) in [6, 6.07) is 11.3. The number of benzene rings is 2. The monoisotopic (exact) mass is 425 g/mol. The molecule has 0 bridgehead atoms. The fourth-order valence-electron chi connectivity index (χ4n) is 3.27. The number of carbonyl (C=O) groups excluding carboxylic acids is 1. The molecule has 0 fully saturated rings. The Morgan fingerprint density at radius 1 is 1.30 bits per heavy atom. The molecule has 2 aromatic rings. The van der Waals surface area contributed by atoms with Crippen molar-refractivity contribution in [3.05, 3.63) is 68.7 Å². The largest absolute Gasteiger partial charge is 0.502 e. The van der Waals surface area contributed by atoms with Gasteiger partial charge in [0.1, 0.15) is 5.70 Å². The van der Waals surface area contributed by atoms with E-state index >= 15 is 0 Å². The third-order valence-electron chi connectivity index (χ3n) is 4.75. The molecule has 0 radical (unpaired) electrons. The van der Waals surface area contributed by atoms with E-state index in [9.17, 15) is 20.0 Å². The molecule has 1 amide bonds. The number of thioether (sulfide) groups is 1. The molecule has 2 heterocycles. The van der Waals surface area contributed by atoms with Crippen LogP contribution in [0.5, 0.6) is 5.75 Å². The Hall–Kier alpha value is -3.40. The summed E-state index contributed by atoms with van der Waals surface area (Å²) in [6.45, 7) is 2.09. The Labute approximate surface area is 176 Å². The molecule has 1 unspecified atom stereocenters. The molecule has 2 N–H and O–H groups in total. The zero-order valence-corrected chi connectivity index (χ0v) is 16.9. The lowest BCUT2D eigenvalue weighted by atomic mass is 10.1. The van der Waals surface area contributed by atoms with E-state index in [2.05, 4.69) is 17.3 Å². The second-order valence-electron chi connectivity index (χ2n) is 6.78. The molecule has 154 valence electrons. The van der Waals surface area contributed by atoms with Gasteiger partial charge in [-0.3, -0.25) is 25.2 Å². The molecule has 30 heavy (non-hydrogen) atoms. The van der Waals surface area contributed by atoms with Gasteiger partial charge in [-0.15, -0.1) is 5.10 Å². The summed E-state index contributed by atoms with van der Waals surface area (Å²) in [7, 11) is 0. The number of aromatic hydroxyl groups is 1. The first-order chi connectivity index (χ1) is 14.5. The van der Waals surface area contributed by atoms with E-state index in [1.807, 2.05) is 12.1 Å². The number of carbonyl (C=O) groups is 1. The summed E-state index contributed by atoms with van der Waals surface area (Å²) in [5, 5.41) is 31.7. The predicted molar refractivity (Wildman–Crippen MR) is 113 cm³/mol. The first-order valence-corrected chi connectivity index (χ1v) is 10.4. The second-order valence-corrected chi connectivity index (χ2v) is 7.86. The quantitative estimate of drug-likeness (QED) is 0.429. The van der Waals surface area contributed by atoms with Crippen LogP contribution in [0.3, 0.4) is 0 Å². The number of amidine groups is 1. The van der Waals surface area contributed by atoms with Gasteiger partial charge in [0, 0.05) is 22.6 Å². The van der Waals surface area contributed by atoms with Gasteiger partial charge in [0.25, 0.3) is 5.91 Å². The van der Waals surface area contributed by atoms with Gasteiger partial charge in [0.05, 0.1) is 10.3 Å². The van der Waals surface area contributed by atoms with Crippen LogP contribution in [-0.4, -0.2) is 31.9 Å². The van der Waals surface area contributed by atoms with Crippen molar-refractivity contribution in [2.45, 2.75) is 25.9 Å². The molecule has 10 heteroatoms. The van der Waals surface area contributed by atoms with Crippen molar-refractivity contribution in [3.63, 3.8) is 0 Å². The molecule has 1 atom stereocenters. The number of phenols is 1. The maximum atomic E-state index is 13.0. The van der Waals surface area contributed by atoms with Gasteiger partial charge in [-0.05, 0) is 18.6 Å². The highest BCUT2D eigenvalue weighted by atomic mass is 32.2. The first-order valence-electron chi connectivity index (χ1n) is 9.46. The topological polar surface area (TPSA) is 120 Å². The maximum Gasteiger partial charge on any atom is 0.311 e. The predicted octanol–water partition coefficient (Wildman–Crippen LogP) is 1.98. The molecule has 0 aliphatic carbocycles. The number of nitro groups is 1. The van der Waals surface area contributed by atoms with Gasteiger partial charge >= 0.3 is 5.69 Å². The van der Waals surface area contributed by atoms with Crippen LogP contribution in [0.2, 0.25) is 0 Å². The number of unbranched alkanes of at least 4 members (excludes halogenated alkanes) is 1. The fourth-order valence-corrected chi connectivity index (χ4v) is 4.21. The van der Waals surface area contributed by atoms with Gasteiger partial charge in [-0.25, -0.2) is 5.01 Å². The first kappa shape index (κ1) is 19.9. The number of hydrazone groups is 1. The molecule has 2 aromatic carbocycles. The average molecular weight is 425 g/mol. The molecular formula is C20H19N5O4S. The highest BCUT2D eigenvalue weighted by Crippen LogP contribution is 2.35. The van der Waals surface area contributed by atoms with Crippen molar-refractivity contribution in [2.24, 2.45) is 10.1 Å². The summed E-state index contributed by atoms with van der Waals surface area (Å²) in [4.78, 5) is 28.3. The van der Waals surface area contributed by atoms with Gasteiger partial charge in [0.2, 0.25) is 0 Å². The van der Waals surface area contributed by atoms with E-state index in [1.54, 1.807) is 18.2 Å². The van der Waals surface area contributed by atoms with E-state index in [0.29, 0.717) is 27.0 Å². The summed E-state index contributed by atoms with van der Waals surface area (Å²) in [6.07, 6.45) is 1.23. The van der Waals surface area contributed by atoms with Crippen LogP contribution in [0.4, 0.5) is 5.69 Å². The Kier molecular flexibility index (Phi) is 5.40. The lowest BCUT2D eigenvalue weighted by Gasteiger charge is -2.34. The van der Waals surface area contributed by atoms with E-state index in [1.165, 1.54) is 28.9 Å². The summed E-state index contributed by atoms with van der Waals surface area (Å²) < 4.78 is 0. The number of para-hydroxylation sites is 1. The van der Waals surface area contributed by atoms with Crippen molar-refractivity contribution in [3.8, 4) is 5.75 Å². The minimum atomic E-state index is -0.776. The number of nitrogens with zero attached hydrogens (tertiary/aromatic N) is 4. The zero-order valence-electron chi connectivity index (χ0n) is 16.1. The van der Waals surface area contributed by atoms with Crippen LogP contribution in [-0.2, 0) is 4.79 Å². The minimum Gasteiger partial charge on any atom is -0.502 e. The molecule has 0 saturated carbocycles. The van der Waals surface area contributed by atoms with Crippen molar-refractivity contribution in [2.75, 3.05) is 5.75 Å². The van der Waals surface area contributed by atoms with Crippen LogP contribution in [0.1, 0.15) is 31.5 Å². The number of nitro benzene ring substituents is 1. The third-order valence-corrected chi connectivity index (χ3v) is 5.70. The average Bonchev–Trinajstić information content (AvgIpc) is 2.73. The molecule has 2 aliphatic heterocycles. The molecule has 0 spiro atoms. The van der Waals surface area contributed by atoms with Gasteiger partial charge < -0.3 is 5.11 Å². The molecular weight excluding hydrogens is 406 g/mol. The van der Waals surface area contributed by atoms with Crippen molar-refractivity contribution < 1.29 is 14.8 Å². The molecule has 9 nitrogen and oxygen atoms in total. The number of phenolic OH excluding ortho intramolecular Hbond substituents is 1. The van der Waals surface area contributed by atoms with Crippen molar-refractivity contribution in [1.29, 1.82) is 0 Å². The Balaban J connectivity index is 1.86. The smallest absolute Gasteiger partial charge is 0.311 e. The van der Waals surface area contributed by atoms with Crippen molar-refractivity contribution in [1.82, 2.24) is 10.3 Å². The van der Waals surface area contributed by atoms with E-state index in [0.717, 1.165) is 18.6 Å². The lowest BCUT2D eigenvalue weighted by Crippen LogP contribution is -2.50. The van der Waals surface area contributed by atoms with Crippen LogP contribution in [0.25, 0.3) is 5.70 Å². The normalized spacial score (nSPS) is 17.4. The highest BCUT2D eigenvalue weighted by Gasteiger charge is 2.35. The summed E-state index contributed by atoms with van der Waals surface area (Å²) in [5.74, 6) is 0.0754. The SMILES string of the molecule is CCCCSC1=NN2C(=c3ccccc3=NC2c2ccc(O)c([N+](=O)[O-])c2)C(=O)N1. The third kappa shape index (κ3) is 3.61.